The Morgan fingerprint density at radius 1 is 1.10 bits per heavy atom. The van der Waals surface area contributed by atoms with Crippen LogP contribution in [0.3, 0.4) is 0 Å². The Morgan fingerprint density at radius 2 is 1.76 bits per heavy atom. The summed E-state index contributed by atoms with van der Waals surface area (Å²) in [5.41, 5.74) is 1.90. The van der Waals surface area contributed by atoms with Gasteiger partial charge in [0.2, 0.25) is 5.91 Å². The minimum atomic E-state index is -0.298. The summed E-state index contributed by atoms with van der Waals surface area (Å²) in [5, 5.41) is 3.06. The molecule has 1 N–H and O–H groups in total. The molecule has 0 heterocycles. The lowest BCUT2D eigenvalue weighted by Crippen LogP contribution is -2.34. The molecule has 0 unspecified atom stereocenters. The molecule has 1 aliphatic rings. The van der Waals surface area contributed by atoms with E-state index < -0.39 is 0 Å². The van der Waals surface area contributed by atoms with Gasteiger partial charge in [0.05, 0.1) is 12.5 Å². The Bertz CT molecular complexity index is 615. The van der Waals surface area contributed by atoms with E-state index in [9.17, 15) is 4.79 Å². The summed E-state index contributed by atoms with van der Waals surface area (Å²) in [6.45, 7) is 0.553. The summed E-state index contributed by atoms with van der Waals surface area (Å²) in [7, 11) is 1.65. The average molecular weight is 281 g/mol. The number of methoxy groups -OCH3 is 1. The number of benzene rings is 2. The third-order valence-electron chi connectivity index (χ3n) is 4.12. The molecule has 0 aliphatic heterocycles. The zero-order valence-electron chi connectivity index (χ0n) is 12.1. The summed E-state index contributed by atoms with van der Waals surface area (Å²) < 4.78 is 5.13. The molecule has 1 amide bonds. The van der Waals surface area contributed by atoms with Crippen molar-refractivity contribution in [2.45, 2.75) is 24.8 Å². The number of nitrogens with one attached hydrogen (secondary N) is 1. The van der Waals surface area contributed by atoms with Crippen LogP contribution in [0.4, 0.5) is 0 Å². The molecular weight excluding hydrogens is 262 g/mol. The van der Waals surface area contributed by atoms with Crippen molar-refractivity contribution in [3.63, 3.8) is 0 Å². The van der Waals surface area contributed by atoms with Crippen LogP contribution in [0.1, 0.15) is 24.0 Å². The first-order chi connectivity index (χ1) is 10.2. The fourth-order valence-electron chi connectivity index (χ4n) is 2.62. The van der Waals surface area contributed by atoms with Gasteiger partial charge >= 0.3 is 0 Å². The van der Waals surface area contributed by atoms with Crippen LogP contribution in [0.5, 0.6) is 5.75 Å². The summed E-state index contributed by atoms with van der Waals surface area (Å²) in [4.78, 5) is 12.5. The van der Waals surface area contributed by atoms with Crippen molar-refractivity contribution in [1.82, 2.24) is 5.32 Å². The number of hydrogen-bond acceptors (Lipinski definition) is 2. The highest BCUT2D eigenvalue weighted by atomic mass is 16.5. The number of rotatable bonds is 5. The Balaban J connectivity index is 1.64. The predicted octanol–water partition coefficient (Wildman–Crippen LogP) is 3.04. The van der Waals surface area contributed by atoms with Gasteiger partial charge in [0.1, 0.15) is 5.75 Å². The van der Waals surface area contributed by atoms with Gasteiger partial charge in [0.25, 0.3) is 0 Å². The zero-order chi connectivity index (χ0) is 14.7. The van der Waals surface area contributed by atoms with Gasteiger partial charge < -0.3 is 10.1 Å². The number of carbonyl (C=O) groups excluding carboxylic acids is 1. The second-order valence-corrected chi connectivity index (χ2v) is 5.48. The van der Waals surface area contributed by atoms with Crippen molar-refractivity contribution in [2.24, 2.45) is 0 Å². The highest BCUT2D eigenvalue weighted by Gasteiger charge is 2.50. The van der Waals surface area contributed by atoms with Crippen molar-refractivity contribution in [2.75, 3.05) is 7.11 Å². The molecule has 108 valence electrons. The third kappa shape index (κ3) is 2.77. The summed E-state index contributed by atoms with van der Waals surface area (Å²) in [5.74, 6) is 0.956. The van der Waals surface area contributed by atoms with E-state index in [-0.39, 0.29) is 11.3 Å². The van der Waals surface area contributed by atoms with Gasteiger partial charge in [0, 0.05) is 6.54 Å². The predicted molar refractivity (Wildman–Crippen MR) is 82.2 cm³/mol. The van der Waals surface area contributed by atoms with Gasteiger partial charge in [-0.15, -0.1) is 0 Å². The van der Waals surface area contributed by atoms with Crippen LogP contribution in [0, 0.1) is 0 Å². The van der Waals surface area contributed by atoms with Crippen molar-refractivity contribution in [3.8, 4) is 5.75 Å². The van der Waals surface area contributed by atoms with Gasteiger partial charge in [-0.3, -0.25) is 4.79 Å². The van der Waals surface area contributed by atoms with E-state index in [0.717, 1.165) is 29.7 Å². The maximum Gasteiger partial charge on any atom is 0.230 e. The largest absolute Gasteiger partial charge is 0.497 e. The van der Waals surface area contributed by atoms with Gasteiger partial charge in [-0.2, -0.15) is 0 Å². The van der Waals surface area contributed by atoms with E-state index in [1.165, 1.54) is 0 Å². The molecule has 1 aliphatic carbocycles. The maximum atomic E-state index is 12.5. The average Bonchev–Trinajstić information content (AvgIpc) is 3.36. The minimum absolute atomic E-state index is 0.129. The second-order valence-electron chi connectivity index (χ2n) is 5.48. The summed E-state index contributed by atoms with van der Waals surface area (Å²) >= 11 is 0. The van der Waals surface area contributed by atoms with E-state index in [1.54, 1.807) is 7.11 Å². The van der Waals surface area contributed by atoms with Crippen molar-refractivity contribution in [1.29, 1.82) is 0 Å². The first kappa shape index (κ1) is 13.7. The van der Waals surface area contributed by atoms with Crippen LogP contribution in [-0.2, 0) is 16.8 Å². The first-order valence-corrected chi connectivity index (χ1v) is 7.21. The highest BCUT2D eigenvalue weighted by Crippen LogP contribution is 2.48. The lowest BCUT2D eigenvalue weighted by atomic mass is 9.95. The molecule has 0 atom stereocenters. The van der Waals surface area contributed by atoms with E-state index in [0.29, 0.717) is 6.54 Å². The Kier molecular flexibility index (Phi) is 3.65. The number of amides is 1. The molecule has 0 saturated heterocycles. The van der Waals surface area contributed by atoms with E-state index >= 15 is 0 Å². The smallest absolute Gasteiger partial charge is 0.230 e. The molecule has 3 nitrogen and oxygen atoms in total. The third-order valence-corrected chi connectivity index (χ3v) is 4.12. The minimum Gasteiger partial charge on any atom is -0.497 e. The van der Waals surface area contributed by atoms with Crippen LogP contribution >= 0.6 is 0 Å². The Labute approximate surface area is 124 Å². The normalized spacial score (nSPS) is 15.3. The Morgan fingerprint density at radius 3 is 2.33 bits per heavy atom. The summed E-state index contributed by atoms with van der Waals surface area (Å²) in [6, 6.07) is 17.8. The van der Waals surface area contributed by atoms with E-state index in [2.05, 4.69) is 5.32 Å². The molecule has 2 aromatic rings. The molecular formula is C18H19NO2. The van der Waals surface area contributed by atoms with Crippen molar-refractivity contribution < 1.29 is 9.53 Å². The van der Waals surface area contributed by atoms with E-state index in [1.807, 2.05) is 54.6 Å². The lowest BCUT2D eigenvalue weighted by molar-refractivity contribution is -0.123. The molecule has 3 rings (SSSR count). The molecule has 0 aromatic heterocycles. The first-order valence-electron chi connectivity index (χ1n) is 7.21. The van der Waals surface area contributed by atoms with Crippen molar-refractivity contribution >= 4 is 5.91 Å². The van der Waals surface area contributed by atoms with Crippen LogP contribution in [0.15, 0.2) is 54.6 Å². The molecule has 0 radical (unpaired) electrons. The SMILES string of the molecule is COc1ccc(CNC(=O)C2(c3ccccc3)CC2)cc1. The standard InChI is InChI=1S/C18H19NO2/c1-21-16-9-7-14(8-10-16)13-19-17(20)18(11-12-18)15-5-3-2-4-6-15/h2-10H,11-13H2,1H3,(H,19,20). The maximum absolute atomic E-state index is 12.5. The summed E-state index contributed by atoms with van der Waals surface area (Å²) in [6.07, 6.45) is 1.87. The molecule has 3 heteroatoms. The second kappa shape index (κ2) is 5.60. The molecule has 2 aromatic carbocycles. The monoisotopic (exact) mass is 281 g/mol. The number of hydrogen-bond donors (Lipinski definition) is 1. The number of carbonyl (C=O) groups is 1. The van der Waals surface area contributed by atoms with Crippen LogP contribution < -0.4 is 10.1 Å². The van der Waals surface area contributed by atoms with Crippen LogP contribution in [0.2, 0.25) is 0 Å². The quantitative estimate of drug-likeness (QED) is 0.914. The molecule has 0 spiro atoms. The zero-order valence-corrected chi connectivity index (χ0v) is 12.1. The highest BCUT2D eigenvalue weighted by molar-refractivity contribution is 5.91. The van der Waals surface area contributed by atoms with Gasteiger partial charge in [-0.05, 0) is 36.1 Å². The van der Waals surface area contributed by atoms with Crippen molar-refractivity contribution in [3.05, 3.63) is 65.7 Å². The van der Waals surface area contributed by atoms with Crippen LogP contribution in [0.25, 0.3) is 0 Å². The lowest BCUT2D eigenvalue weighted by Gasteiger charge is -2.15. The molecule has 0 bridgehead atoms. The molecule has 21 heavy (non-hydrogen) atoms. The molecule has 1 saturated carbocycles. The van der Waals surface area contributed by atoms with Crippen LogP contribution in [-0.4, -0.2) is 13.0 Å². The van der Waals surface area contributed by atoms with Gasteiger partial charge in [-0.1, -0.05) is 42.5 Å². The Hall–Kier alpha value is -2.29. The van der Waals surface area contributed by atoms with Gasteiger partial charge in [-0.25, -0.2) is 0 Å². The fourth-order valence-corrected chi connectivity index (χ4v) is 2.62. The fraction of sp³-hybridized carbons (Fsp3) is 0.278. The van der Waals surface area contributed by atoms with E-state index in [4.69, 9.17) is 4.74 Å². The van der Waals surface area contributed by atoms with Gasteiger partial charge in [0.15, 0.2) is 0 Å². The number of ether oxygens (including phenoxy) is 1. The topological polar surface area (TPSA) is 38.3 Å². The molecule has 1 fully saturated rings.